The fourth-order valence-electron chi connectivity index (χ4n) is 2.55. The van der Waals surface area contributed by atoms with Crippen molar-refractivity contribution in [3.63, 3.8) is 0 Å². The molecule has 1 amide bonds. The number of hydrogen-bond acceptors (Lipinski definition) is 4. The Kier molecular flexibility index (Phi) is 4.71. The molecule has 6 heteroatoms. The Labute approximate surface area is 130 Å². The number of rotatable bonds is 1. The second kappa shape index (κ2) is 6.18. The summed E-state index contributed by atoms with van der Waals surface area (Å²) in [5.74, 6) is 0.376. The van der Waals surface area contributed by atoms with Crippen LogP contribution in [0.5, 0.6) is 0 Å². The van der Waals surface area contributed by atoms with Crippen molar-refractivity contribution in [2.24, 2.45) is 0 Å². The summed E-state index contributed by atoms with van der Waals surface area (Å²) in [5, 5.41) is 0.280. The predicted octanol–water partition coefficient (Wildman–Crippen LogP) is 3.55. The molecule has 0 spiro atoms. The molecule has 0 aromatic carbocycles. The van der Waals surface area contributed by atoms with E-state index in [-0.39, 0.29) is 11.4 Å². The molecule has 1 fully saturated rings. The number of halogens is 1. The second-order valence-electron chi connectivity index (χ2n) is 6.42. The molecule has 0 unspecified atom stereocenters. The maximum absolute atomic E-state index is 12.0. The van der Waals surface area contributed by atoms with Crippen LogP contribution in [0.15, 0.2) is 6.20 Å². The molecule has 0 bridgehead atoms. The van der Waals surface area contributed by atoms with E-state index >= 15 is 0 Å². The number of hydrogen-bond donors (Lipinski definition) is 0. The summed E-state index contributed by atoms with van der Waals surface area (Å²) in [6.45, 7) is 8.98. The highest BCUT2D eigenvalue weighted by Crippen LogP contribution is 2.30. The van der Waals surface area contributed by atoms with Crippen LogP contribution in [0.2, 0.25) is 5.28 Å². The van der Waals surface area contributed by atoms with Gasteiger partial charge in [-0.1, -0.05) is 0 Å². The van der Waals surface area contributed by atoms with Crippen molar-refractivity contribution in [2.75, 3.05) is 13.1 Å². The maximum Gasteiger partial charge on any atom is 0.410 e. The Hall–Kier alpha value is -1.36. The lowest BCUT2D eigenvalue weighted by molar-refractivity contribution is 0.0204. The van der Waals surface area contributed by atoms with Crippen molar-refractivity contribution in [3.8, 4) is 0 Å². The first-order valence-electron chi connectivity index (χ1n) is 7.23. The molecule has 2 rings (SSSR count). The second-order valence-corrected chi connectivity index (χ2v) is 6.76. The van der Waals surface area contributed by atoms with Crippen LogP contribution in [-0.4, -0.2) is 39.7 Å². The largest absolute Gasteiger partial charge is 0.444 e. The van der Waals surface area contributed by atoms with Gasteiger partial charge in [-0.15, -0.1) is 0 Å². The lowest BCUT2D eigenvalue weighted by Crippen LogP contribution is -2.41. The van der Waals surface area contributed by atoms with Gasteiger partial charge in [-0.05, 0) is 63.6 Å². The Balaban J connectivity index is 1.95. The number of likely N-dealkylation sites (tertiary alicyclic amines) is 1. The highest BCUT2D eigenvalue weighted by molar-refractivity contribution is 6.28. The third-order valence-corrected chi connectivity index (χ3v) is 3.76. The maximum atomic E-state index is 12.0. The molecule has 0 atom stereocenters. The van der Waals surface area contributed by atoms with Crippen LogP contribution in [0.4, 0.5) is 4.79 Å². The van der Waals surface area contributed by atoms with E-state index in [1.807, 2.05) is 27.7 Å². The van der Waals surface area contributed by atoms with Crippen molar-refractivity contribution in [1.82, 2.24) is 14.9 Å². The third-order valence-electron chi connectivity index (χ3n) is 3.57. The Morgan fingerprint density at radius 1 is 1.38 bits per heavy atom. The average molecular weight is 312 g/mol. The number of amides is 1. The van der Waals surface area contributed by atoms with Crippen LogP contribution in [0.25, 0.3) is 0 Å². The van der Waals surface area contributed by atoms with E-state index in [4.69, 9.17) is 16.3 Å². The summed E-state index contributed by atoms with van der Waals surface area (Å²) >= 11 is 5.79. The fraction of sp³-hybridized carbons (Fsp3) is 0.667. The van der Waals surface area contributed by atoms with Crippen LogP contribution >= 0.6 is 11.6 Å². The van der Waals surface area contributed by atoms with Crippen LogP contribution < -0.4 is 0 Å². The number of carbonyl (C=O) groups excluding carboxylic acids is 1. The first-order valence-corrected chi connectivity index (χ1v) is 7.61. The number of nitrogens with zero attached hydrogens (tertiary/aromatic N) is 3. The minimum absolute atomic E-state index is 0.231. The standard InChI is InChI=1S/C15H22ClN3O2/c1-10-12(9-17-13(16)18-10)11-5-7-19(8-6-11)14(20)21-15(2,3)4/h9,11H,5-8H2,1-4H3. The molecule has 0 saturated carbocycles. The van der Waals surface area contributed by atoms with Gasteiger partial charge in [-0.3, -0.25) is 0 Å². The molecule has 1 aromatic rings. The zero-order valence-electron chi connectivity index (χ0n) is 13.0. The van der Waals surface area contributed by atoms with E-state index in [0.29, 0.717) is 19.0 Å². The van der Waals surface area contributed by atoms with Crippen molar-refractivity contribution < 1.29 is 9.53 Å². The van der Waals surface area contributed by atoms with Crippen molar-refractivity contribution in [2.45, 2.75) is 52.1 Å². The first kappa shape index (κ1) is 16.0. The van der Waals surface area contributed by atoms with Crippen LogP contribution in [0, 0.1) is 6.92 Å². The minimum Gasteiger partial charge on any atom is -0.444 e. The number of piperidine rings is 1. The molecular weight excluding hydrogens is 290 g/mol. The fourth-order valence-corrected chi connectivity index (χ4v) is 2.72. The summed E-state index contributed by atoms with van der Waals surface area (Å²) in [6.07, 6.45) is 3.36. The van der Waals surface area contributed by atoms with E-state index in [2.05, 4.69) is 9.97 Å². The van der Waals surface area contributed by atoms with Crippen LogP contribution in [0.3, 0.4) is 0 Å². The van der Waals surface area contributed by atoms with E-state index in [0.717, 1.165) is 24.1 Å². The molecule has 0 N–H and O–H groups in total. The van der Waals surface area contributed by atoms with Gasteiger partial charge < -0.3 is 9.64 Å². The molecule has 1 aliphatic heterocycles. The number of aryl methyl sites for hydroxylation is 1. The summed E-state index contributed by atoms with van der Waals surface area (Å²) in [6, 6.07) is 0. The van der Waals surface area contributed by atoms with Gasteiger partial charge in [0.1, 0.15) is 5.60 Å². The molecule has 1 saturated heterocycles. The highest BCUT2D eigenvalue weighted by atomic mass is 35.5. The molecule has 1 aliphatic rings. The van der Waals surface area contributed by atoms with Gasteiger partial charge in [0.05, 0.1) is 0 Å². The lowest BCUT2D eigenvalue weighted by atomic mass is 9.89. The molecule has 5 nitrogen and oxygen atoms in total. The van der Waals surface area contributed by atoms with Gasteiger partial charge in [0, 0.05) is 25.0 Å². The topological polar surface area (TPSA) is 55.3 Å². The third kappa shape index (κ3) is 4.30. The summed E-state index contributed by atoms with van der Waals surface area (Å²) in [7, 11) is 0. The van der Waals surface area contributed by atoms with Gasteiger partial charge in [-0.25, -0.2) is 14.8 Å². The molecule has 0 aliphatic carbocycles. The molecule has 21 heavy (non-hydrogen) atoms. The van der Waals surface area contributed by atoms with Crippen LogP contribution in [0.1, 0.15) is 50.8 Å². The van der Waals surface area contributed by atoms with Gasteiger partial charge in [-0.2, -0.15) is 0 Å². The zero-order valence-corrected chi connectivity index (χ0v) is 13.8. The van der Waals surface area contributed by atoms with Gasteiger partial charge in [0.25, 0.3) is 0 Å². The summed E-state index contributed by atoms with van der Waals surface area (Å²) in [4.78, 5) is 22.1. The first-order chi connectivity index (χ1) is 9.76. The number of aromatic nitrogens is 2. The highest BCUT2D eigenvalue weighted by Gasteiger charge is 2.28. The van der Waals surface area contributed by atoms with Crippen molar-refractivity contribution >= 4 is 17.7 Å². The SMILES string of the molecule is Cc1nc(Cl)ncc1C1CCN(C(=O)OC(C)(C)C)CC1. The summed E-state index contributed by atoms with van der Waals surface area (Å²) in [5.41, 5.74) is 1.60. The molecule has 116 valence electrons. The Morgan fingerprint density at radius 3 is 2.52 bits per heavy atom. The Morgan fingerprint density at radius 2 is 2.00 bits per heavy atom. The molecular formula is C15H22ClN3O2. The normalized spacial score (nSPS) is 16.9. The van der Waals surface area contributed by atoms with Crippen molar-refractivity contribution in [1.29, 1.82) is 0 Å². The predicted molar refractivity (Wildman–Crippen MR) is 81.6 cm³/mol. The van der Waals surface area contributed by atoms with E-state index in [9.17, 15) is 4.79 Å². The quantitative estimate of drug-likeness (QED) is 0.744. The van der Waals surface area contributed by atoms with Gasteiger partial charge >= 0.3 is 6.09 Å². The molecule has 0 radical (unpaired) electrons. The zero-order chi connectivity index (χ0) is 15.6. The number of ether oxygens (including phenoxy) is 1. The lowest BCUT2D eigenvalue weighted by Gasteiger charge is -2.33. The monoisotopic (exact) mass is 311 g/mol. The van der Waals surface area contributed by atoms with Crippen LogP contribution in [-0.2, 0) is 4.74 Å². The van der Waals surface area contributed by atoms with Crippen molar-refractivity contribution in [3.05, 3.63) is 22.7 Å². The van der Waals surface area contributed by atoms with E-state index in [1.54, 1.807) is 11.1 Å². The van der Waals surface area contributed by atoms with Gasteiger partial charge in [0.2, 0.25) is 5.28 Å². The minimum atomic E-state index is -0.450. The Bertz CT molecular complexity index is 520. The molecule has 1 aromatic heterocycles. The molecule has 2 heterocycles. The average Bonchev–Trinajstić information content (AvgIpc) is 2.37. The smallest absolute Gasteiger partial charge is 0.410 e. The van der Waals surface area contributed by atoms with Gasteiger partial charge in [0.15, 0.2) is 0 Å². The summed E-state index contributed by atoms with van der Waals surface area (Å²) < 4.78 is 5.40. The van der Waals surface area contributed by atoms with E-state index < -0.39 is 5.60 Å². The van der Waals surface area contributed by atoms with E-state index in [1.165, 1.54) is 0 Å². The number of carbonyl (C=O) groups is 1.